The Morgan fingerprint density at radius 3 is 2.80 bits per heavy atom. The van der Waals surface area contributed by atoms with E-state index in [9.17, 15) is 4.79 Å². The van der Waals surface area contributed by atoms with E-state index in [1.54, 1.807) is 6.92 Å². The lowest BCUT2D eigenvalue weighted by atomic mass is 10.2. The van der Waals surface area contributed by atoms with Crippen LogP contribution in [0.1, 0.15) is 12.5 Å². The van der Waals surface area contributed by atoms with Crippen molar-refractivity contribution in [2.24, 2.45) is 0 Å². The van der Waals surface area contributed by atoms with Gasteiger partial charge in [0.1, 0.15) is 4.91 Å². The Labute approximate surface area is 92.2 Å². The molecule has 0 radical (unpaired) electrons. The second-order valence-electron chi connectivity index (χ2n) is 3.49. The number of allylic oxidation sites excluding steroid dienone is 1. The maximum Gasteiger partial charge on any atom is 0.344 e. The summed E-state index contributed by atoms with van der Waals surface area (Å²) >= 11 is 1.30. The van der Waals surface area contributed by atoms with Crippen LogP contribution in [0.4, 0.5) is 5.69 Å². The number of benzene rings is 1. The largest absolute Gasteiger partial charge is 0.477 e. The van der Waals surface area contributed by atoms with Gasteiger partial charge in [0.15, 0.2) is 0 Å². The lowest BCUT2D eigenvalue weighted by Crippen LogP contribution is -2.10. The third-order valence-corrected chi connectivity index (χ3v) is 3.45. The van der Waals surface area contributed by atoms with Gasteiger partial charge in [0, 0.05) is 10.6 Å². The van der Waals surface area contributed by atoms with Gasteiger partial charge in [0.25, 0.3) is 0 Å². The smallest absolute Gasteiger partial charge is 0.344 e. The highest BCUT2D eigenvalue weighted by Gasteiger charge is 2.20. The first-order valence-corrected chi connectivity index (χ1v) is 5.39. The summed E-state index contributed by atoms with van der Waals surface area (Å²) in [6.45, 7) is 3.77. The van der Waals surface area contributed by atoms with E-state index in [0.29, 0.717) is 10.6 Å². The number of fused-ring (bicyclic) bond motifs is 1. The van der Waals surface area contributed by atoms with E-state index in [1.807, 2.05) is 25.1 Å². The molecule has 2 N–H and O–H groups in total. The Kier molecular flexibility index (Phi) is 2.44. The van der Waals surface area contributed by atoms with E-state index in [4.69, 9.17) is 5.11 Å². The first-order chi connectivity index (χ1) is 7.08. The van der Waals surface area contributed by atoms with E-state index in [0.717, 1.165) is 16.1 Å². The molecule has 0 spiro atoms. The van der Waals surface area contributed by atoms with Gasteiger partial charge >= 0.3 is 5.97 Å². The quantitative estimate of drug-likeness (QED) is 0.765. The molecule has 15 heavy (non-hydrogen) atoms. The molecule has 78 valence electrons. The number of aliphatic carboxylic acids is 1. The van der Waals surface area contributed by atoms with Crippen molar-refractivity contribution in [1.82, 2.24) is 0 Å². The lowest BCUT2D eigenvalue weighted by molar-refractivity contribution is -0.131. The zero-order chi connectivity index (χ0) is 11.0. The number of anilines is 1. The summed E-state index contributed by atoms with van der Waals surface area (Å²) in [6.07, 6.45) is 0. The number of carboxylic acids is 1. The van der Waals surface area contributed by atoms with Gasteiger partial charge in [-0.1, -0.05) is 17.8 Å². The summed E-state index contributed by atoms with van der Waals surface area (Å²) in [7, 11) is 0. The van der Waals surface area contributed by atoms with Crippen LogP contribution in [0.3, 0.4) is 0 Å². The van der Waals surface area contributed by atoms with Crippen molar-refractivity contribution in [3.05, 3.63) is 34.4 Å². The zero-order valence-corrected chi connectivity index (χ0v) is 9.31. The predicted molar refractivity (Wildman–Crippen MR) is 61.0 cm³/mol. The van der Waals surface area contributed by atoms with Crippen LogP contribution in [0.25, 0.3) is 0 Å². The molecule has 0 unspecified atom stereocenters. The highest BCUT2D eigenvalue weighted by molar-refractivity contribution is 8.04. The molecule has 1 aromatic carbocycles. The van der Waals surface area contributed by atoms with Gasteiger partial charge in [-0.3, -0.25) is 0 Å². The highest BCUT2D eigenvalue weighted by Crippen LogP contribution is 2.39. The molecular formula is C11H11NO2S. The molecule has 2 rings (SSSR count). The van der Waals surface area contributed by atoms with Crippen molar-refractivity contribution in [1.29, 1.82) is 0 Å². The molecule has 0 aromatic heterocycles. The molecule has 1 heterocycles. The third kappa shape index (κ3) is 1.85. The summed E-state index contributed by atoms with van der Waals surface area (Å²) in [6, 6.07) is 5.97. The summed E-state index contributed by atoms with van der Waals surface area (Å²) in [5.74, 6) is -0.878. The number of hydrogen-bond donors (Lipinski definition) is 2. The first kappa shape index (κ1) is 10.1. The highest BCUT2D eigenvalue weighted by atomic mass is 32.2. The number of rotatable bonds is 1. The lowest BCUT2D eigenvalue weighted by Gasteiger charge is -2.20. The van der Waals surface area contributed by atoms with Crippen LogP contribution in [0.5, 0.6) is 0 Å². The number of aryl methyl sites for hydroxylation is 1. The molecule has 1 aromatic rings. The van der Waals surface area contributed by atoms with Gasteiger partial charge in [-0.05, 0) is 31.5 Å². The van der Waals surface area contributed by atoms with Gasteiger partial charge in [0.05, 0.1) is 5.69 Å². The van der Waals surface area contributed by atoms with Crippen molar-refractivity contribution >= 4 is 23.4 Å². The maximum absolute atomic E-state index is 10.9. The Morgan fingerprint density at radius 2 is 2.13 bits per heavy atom. The SMILES string of the molecule is CC1=C(C(=O)O)Sc2cc(C)ccc2N1. The summed E-state index contributed by atoms with van der Waals surface area (Å²) in [5.41, 5.74) is 2.81. The fourth-order valence-corrected chi connectivity index (χ4v) is 2.45. The summed E-state index contributed by atoms with van der Waals surface area (Å²) in [5, 5.41) is 12.1. The van der Waals surface area contributed by atoms with Gasteiger partial charge < -0.3 is 10.4 Å². The van der Waals surface area contributed by atoms with Crippen molar-refractivity contribution in [2.45, 2.75) is 18.7 Å². The molecule has 3 nitrogen and oxygen atoms in total. The molecule has 0 atom stereocenters. The second kappa shape index (κ2) is 3.62. The Bertz CT molecular complexity index is 466. The fraction of sp³-hybridized carbons (Fsp3) is 0.182. The van der Waals surface area contributed by atoms with Crippen LogP contribution in [-0.4, -0.2) is 11.1 Å². The summed E-state index contributed by atoms with van der Waals surface area (Å²) in [4.78, 5) is 12.3. The Morgan fingerprint density at radius 1 is 1.40 bits per heavy atom. The normalized spacial score (nSPS) is 14.5. The van der Waals surface area contributed by atoms with E-state index in [2.05, 4.69) is 5.32 Å². The van der Waals surface area contributed by atoms with E-state index < -0.39 is 5.97 Å². The number of hydrogen-bond acceptors (Lipinski definition) is 3. The predicted octanol–water partition coefficient (Wildman–Crippen LogP) is 2.83. The molecule has 0 fully saturated rings. The zero-order valence-electron chi connectivity index (χ0n) is 8.50. The van der Waals surface area contributed by atoms with Gasteiger partial charge in [-0.25, -0.2) is 4.79 Å². The minimum Gasteiger partial charge on any atom is -0.477 e. The van der Waals surface area contributed by atoms with Crippen LogP contribution < -0.4 is 5.32 Å². The molecule has 1 aliphatic heterocycles. The maximum atomic E-state index is 10.9. The minimum atomic E-state index is -0.878. The van der Waals surface area contributed by atoms with Crippen LogP contribution in [0.15, 0.2) is 33.7 Å². The second-order valence-corrected chi connectivity index (χ2v) is 4.54. The molecule has 4 heteroatoms. The molecular weight excluding hydrogens is 210 g/mol. The molecule has 0 saturated carbocycles. The van der Waals surface area contributed by atoms with E-state index in [1.165, 1.54) is 11.8 Å². The molecule has 0 bridgehead atoms. The van der Waals surface area contributed by atoms with Crippen LogP contribution in [0, 0.1) is 6.92 Å². The average Bonchev–Trinajstić information content (AvgIpc) is 2.17. The number of thioether (sulfide) groups is 1. The standard InChI is InChI=1S/C11H11NO2S/c1-6-3-4-8-9(5-6)15-10(11(13)14)7(2)12-8/h3-5,12H,1-2H3,(H,13,14). The summed E-state index contributed by atoms with van der Waals surface area (Å²) < 4.78 is 0. The number of carboxylic acid groups (broad SMARTS) is 1. The average molecular weight is 221 g/mol. The third-order valence-electron chi connectivity index (χ3n) is 2.21. The van der Waals surface area contributed by atoms with Crippen LogP contribution >= 0.6 is 11.8 Å². The van der Waals surface area contributed by atoms with Crippen LogP contribution in [0.2, 0.25) is 0 Å². The van der Waals surface area contributed by atoms with Gasteiger partial charge in [-0.15, -0.1) is 0 Å². The topological polar surface area (TPSA) is 49.3 Å². The molecule has 0 aliphatic carbocycles. The van der Waals surface area contributed by atoms with Crippen molar-refractivity contribution in [3.63, 3.8) is 0 Å². The van der Waals surface area contributed by atoms with Crippen molar-refractivity contribution in [3.8, 4) is 0 Å². The van der Waals surface area contributed by atoms with E-state index in [-0.39, 0.29) is 0 Å². The first-order valence-electron chi connectivity index (χ1n) is 4.57. The molecule has 1 aliphatic rings. The number of nitrogens with one attached hydrogen (secondary N) is 1. The van der Waals surface area contributed by atoms with Gasteiger partial charge in [0.2, 0.25) is 0 Å². The molecule has 0 saturated heterocycles. The van der Waals surface area contributed by atoms with Crippen molar-refractivity contribution in [2.75, 3.05) is 5.32 Å². The van der Waals surface area contributed by atoms with Gasteiger partial charge in [-0.2, -0.15) is 0 Å². The Balaban J connectivity index is 2.43. The Hall–Kier alpha value is -1.42. The van der Waals surface area contributed by atoms with Crippen LogP contribution in [-0.2, 0) is 4.79 Å². The molecule has 0 amide bonds. The van der Waals surface area contributed by atoms with E-state index >= 15 is 0 Å². The minimum absolute atomic E-state index is 0.369. The number of carbonyl (C=O) groups is 1. The monoisotopic (exact) mass is 221 g/mol. The van der Waals surface area contributed by atoms with Crippen molar-refractivity contribution < 1.29 is 9.90 Å². The fourth-order valence-electron chi connectivity index (χ4n) is 1.47.